The maximum Gasteiger partial charge on any atom is 0.305 e. The first-order valence-electron chi connectivity index (χ1n) is 10.4. The molecule has 1 amide bonds. The lowest BCUT2D eigenvalue weighted by Gasteiger charge is -2.41. The molecule has 4 nitrogen and oxygen atoms in total. The lowest BCUT2D eigenvalue weighted by atomic mass is 9.68. The van der Waals surface area contributed by atoms with E-state index in [2.05, 4.69) is 52.5 Å². The van der Waals surface area contributed by atoms with Gasteiger partial charge in [0, 0.05) is 37.7 Å². The maximum atomic E-state index is 12.8. The van der Waals surface area contributed by atoms with Crippen molar-refractivity contribution < 1.29 is 14.7 Å². The largest absolute Gasteiger partial charge is 0.481 e. The zero-order valence-electron chi connectivity index (χ0n) is 18.5. The average molecular weight is 436 g/mol. The minimum absolute atomic E-state index is 0.0444. The SMILES string of the molecule is CC(C)C1=CN(CCC(=O)O)C(=O)C[C@@]1(C)c1ccc(CC[Si](C)(C)C)c(Cl)c1. The molecule has 2 rings (SSSR count). The van der Waals surface area contributed by atoms with Crippen LogP contribution in [-0.4, -0.2) is 36.5 Å². The first-order chi connectivity index (χ1) is 13.3. The predicted octanol–water partition coefficient (Wildman–Crippen LogP) is 5.73. The van der Waals surface area contributed by atoms with Gasteiger partial charge in [-0.05, 0) is 35.1 Å². The number of nitrogens with zero attached hydrogens (tertiary/aromatic N) is 1. The minimum atomic E-state index is -1.14. The number of allylic oxidation sites excluding steroid dienone is 1. The van der Waals surface area contributed by atoms with E-state index in [-0.39, 0.29) is 24.8 Å². The molecule has 0 saturated heterocycles. The Balaban J connectivity index is 2.36. The third kappa shape index (κ3) is 5.95. The molecule has 0 aromatic heterocycles. The van der Waals surface area contributed by atoms with Crippen molar-refractivity contribution >= 4 is 31.6 Å². The van der Waals surface area contributed by atoms with Crippen molar-refractivity contribution in [1.82, 2.24) is 4.90 Å². The molecule has 1 N–H and O–H groups in total. The van der Waals surface area contributed by atoms with Gasteiger partial charge in [-0.15, -0.1) is 0 Å². The number of hydrogen-bond donors (Lipinski definition) is 1. The van der Waals surface area contributed by atoms with E-state index >= 15 is 0 Å². The van der Waals surface area contributed by atoms with Crippen molar-refractivity contribution in [3.05, 3.63) is 46.1 Å². The Morgan fingerprint density at radius 3 is 2.48 bits per heavy atom. The Morgan fingerprint density at radius 1 is 1.31 bits per heavy atom. The summed E-state index contributed by atoms with van der Waals surface area (Å²) in [5.41, 5.74) is 2.91. The highest BCUT2D eigenvalue weighted by Crippen LogP contribution is 2.43. The Kier molecular flexibility index (Phi) is 7.39. The van der Waals surface area contributed by atoms with Crippen LogP contribution in [0.2, 0.25) is 30.7 Å². The molecule has 6 heteroatoms. The Morgan fingerprint density at radius 2 is 1.97 bits per heavy atom. The summed E-state index contributed by atoms with van der Waals surface area (Å²) in [6.07, 6.45) is 3.12. The quantitative estimate of drug-likeness (QED) is 0.530. The van der Waals surface area contributed by atoms with Gasteiger partial charge >= 0.3 is 5.97 Å². The van der Waals surface area contributed by atoms with Gasteiger partial charge in [0.15, 0.2) is 0 Å². The number of aliphatic carboxylic acids is 1. The summed E-state index contributed by atoms with van der Waals surface area (Å²) in [5.74, 6) is -0.714. The van der Waals surface area contributed by atoms with Crippen LogP contribution in [0.4, 0.5) is 0 Å². The van der Waals surface area contributed by atoms with Crippen LogP contribution in [0, 0.1) is 5.92 Å². The van der Waals surface area contributed by atoms with Crippen molar-refractivity contribution in [2.75, 3.05) is 6.54 Å². The van der Waals surface area contributed by atoms with E-state index < -0.39 is 19.5 Å². The van der Waals surface area contributed by atoms with Crippen molar-refractivity contribution in [3.8, 4) is 0 Å². The summed E-state index contributed by atoms with van der Waals surface area (Å²) in [5, 5.41) is 9.74. The fraction of sp³-hybridized carbons (Fsp3) is 0.565. The predicted molar refractivity (Wildman–Crippen MR) is 122 cm³/mol. The van der Waals surface area contributed by atoms with Crippen LogP contribution in [0.5, 0.6) is 0 Å². The number of amides is 1. The topological polar surface area (TPSA) is 57.6 Å². The Bertz CT molecular complexity index is 813. The van der Waals surface area contributed by atoms with E-state index in [0.29, 0.717) is 6.42 Å². The number of carbonyl (C=O) groups is 2. The molecular formula is C23H34ClNO3Si. The second kappa shape index (κ2) is 9.05. The zero-order chi connectivity index (χ0) is 22.0. The van der Waals surface area contributed by atoms with Crippen LogP contribution in [0.1, 0.15) is 44.7 Å². The van der Waals surface area contributed by atoms with Gasteiger partial charge in [-0.1, -0.05) is 70.2 Å². The van der Waals surface area contributed by atoms with Gasteiger partial charge in [0.1, 0.15) is 0 Å². The third-order valence-electron chi connectivity index (χ3n) is 5.78. The lowest BCUT2D eigenvalue weighted by Crippen LogP contribution is -2.42. The molecule has 0 unspecified atom stereocenters. The number of carbonyl (C=O) groups excluding carboxylic acids is 1. The summed E-state index contributed by atoms with van der Waals surface area (Å²) in [6.45, 7) is 13.6. The van der Waals surface area contributed by atoms with Crippen LogP contribution in [0.3, 0.4) is 0 Å². The summed E-state index contributed by atoms with van der Waals surface area (Å²) in [6, 6.07) is 7.44. The van der Waals surface area contributed by atoms with Crippen LogP contribution in [0.15, 0.2) is 30.0 Å². The van der Waals surface area contributed by atoms with Crippen LogP contribution in [0.25, 0.3) is 0 Å². The molecule has 0 spiro atoms. The second-order valence-electron chi connectivity index (χ2n) is 9.85. The summed E-state index contributed by atoms with van der Waals surface area (Å²) in [7, 11) is -1.14. The smallest absolute Gasteiger partial charge is 0.305 e. The average Bonchev–Trinajstić information content (AvgIpc) is 2.58. The molecule has 0 radical (unpaired) electrons. The van der Waals surface area contributed by atoms with Crippen LogP contribution < -0.4 is 0 Å². The highest BCUT2D eigenvalue weighted by molar-refractivity contribution is 6.76. The molecule has 0 aliphatic carbocycles. The standard InChI is InChI=1S/C23H34ClNO3Si/c1-16(2)19-15-25(11-9-22(27)28)21(26)14-23(19,3)18-8-7-17(20(24)13-18)10-12-29(4,5)6/h7-8,13,15-16H,9-12,14H2,1-6H3,(H,27,28)/t23-/m0/s1. The molecule has 1 aliphatic rings. The molecule has 1 atom stereocenters. The molecular weight excluding hydrogens is 402 g/mol. The van der Waals surface area contributed by atoms with E-state index in [4.69, 9.17) is 16.7 Å². The van der Waals surface area contributed by atoms with Gasteiger partial charge in [0.05, 0.1) is 6.42 Å². The minimum Gasteiger partial charge on any atom is -0.481 e. The van der Waals surface area contributed by atoms with Gasteiger partial charge in [-0.2, -0.15) is 0 Å². The Labute approximate surface area is 181 Å². The van der Waals surface area contributed by atoms with Crippen LogP contribution in [-0.2, 0) is 21.4 Å². The summed E-state index contributed by atoms with van der Waals surface area (Å²) >= 11 is 6.65. The van der Waals surface area contributed by atoms with E-state index in [1.54, 1.807) is 4.90 Å². The number of carboxylic acids is 1. The number of hydrogen-bond acceptors (Lipinski definition) is 2. The number of rotatable bonds is 8. The summed E-state index contributed by atoms with van der Waals surface area (Å²) in [4.78, 5) is 25.3. The van der Waals surface area contributed by atoms with Gasteiger partial charge in [0.2, 0.25) is 5.91 Å². The number of benzene rings is 1. The van der Waals surface area contributed by atoms with E-state index in [1.165, 1.54) is 11.6 Å². The van der Waals surface area contributed by atoms with Gasteiger partial charge in [-0.25, -0.2) is 0 Å². The fourth-order valence-electron chi connectivity index (χ4n) is 3.95. The number of halogens is 1. The van der Waals surface area contributed by atoms with Crippen molar-refractivity contribution in [1.29, 1.82) is 0 Å². The molecule has 0 fully saturated rings. The molecule has 29 heavy (non-hydrogen) atoms. The molecule has 0 bridgehead atoms. The first kappa shape index (κ1) is 23.7. The fourth-order valence-corrected chi connectivity index (χ4v) is 5.25. The van der Waals surface area contributed by atoms with Gasteiger partial charge < -0.3 is 10.0 Å². The maximum absolute atomic E-state index is 12.8. The number of carboxylic acid groups (broad SMARTS) is 1. The normalized spacial score (nSPS) is 20.2. The highest BCUT2D eigenvalue weighted by atomic mass is 35.5. The zero-order valence-corrected chi connectivity index (χ0v) is 20.3. The molecule has 1 aliphatic heterocycles. The van der Waals surface area contributed by atoms with Crippen molar-refractivity contribution in [2.24, 2.45) is 5.92 Å². The molecule has 1 aromatic carbocycles. The highest BCUT2D eigenvalue weighted by Gasteiger charge is 2.40. The lowest BCUT2D eigenvalue weighted by molar-refractivity contribution is -0.138. The van der Waals surface area contributed by atoms with E-state index in [9.17, 15) is 9.59 Å². The van der Waals surface area contributed by atoms with Crippen molar-refractivity contribution in [3.63, 3.8) is 0 Å². The van der Waals surface area contributed by atoms with E-state index in [0.717, 1.165) is 22.6 Å². The van der Waals surface area contributed by atoms with Crippen molar-refractivity contribution in [2.45, 2.75) is 71.1 Å². The first-order valence-corrected chi connectivity index (χ1v) is 14.4. The van der Waals surface area contributed by atoms with Gasteiger partial charge in [-0.3, -0.25) is 9.59 Å². The molecule has 1 heterocycles. The molecule has 1 aromatic rings. The van der Waals surface area contributed by atoms with Crippen LogP contribution >= 0.6 is 11.6 Å². The second-order valence-corrected chi connectivity index (χ2v) is 15.9. The molecule has 0 saturated carbocycles. The van der Waals surface area contributed by atoms with E-state index in [1.807, 2.05) is 12.3 Å². The summed E-state index contributed by atoms with van der Waals surface area (Å²) < 4.78 is 0. The Hall–Kier alpha value is -1.59. The molecule has 160 valence electrons. The monoisotopic (exact) mass is 435 g/mol. The number of aryl methyl sites for hydroxylation is 1. The van der Waals surface area contributed by atoms with Gasteiger partial charge in [0.25, 0.3) is 0 Å². The third-order valence-corrected chi connectivity index (χ3v) is 7.88.